The van der Waals surface area contributed by atoms with Gasteiger partial charge >= 0.3 is 0 Å². The predicted octanol–water partition coefficient (Wildman–Crippen LogP) is 2.21. The van der Waals surface area contributed by atoms with Crippen LogP contribution in [0.25, 0.3) is 0 Å². The van der Waals surface area contributed by atoms with Crippen molar-refractivity contribution in [1.82, 2.24) is 5.32 Å². The molecule has 68 valence electrons. The quantitative estimate of drug-likeness (QED) is 0.666. The summed E-state index contributed by atoms with van der Waals surface area (Å²) in [6.07, 6.45) is 0.0677. The van der Waals surface area contributed by atoms with Gasteiger partial charge in [-0.2, -0.15) is 0 Å². The molecule has 1 N–H and O–H groups in total. The Hall–Kier alpha value is 0.110. The Morgan fingerprint density at radius 3 is 2.45 bits per heavy atom. The molecule has 0 bridgehead atoms. The second-order valence-corrected chi connectivity index (χ2v) is 2.77. The fraction of sp³-hybridized carbons (Fsp3) is 1.00. The molecule has 0 unspecified atom stereocenters. The minimum absolute atomic E-state index is 0. The summed E-state index contributed by atoms with van der Waals surface area (Å²) in [4.78, 5) is 0. The summed E-state index contributed by atoms with van der Waals surface area (Å²) in [5.74, 6) is -2.59. The molecule has 1 aliphatic rings. The molecule has 0 spiro atoms. The monoisotopic (exact) mass is 188 g/mol. The van der Waals surface area contributed by atoms with Crippen molar-refractivity contribution in [3.63, 3.8) is 0 Å². The first-order valence-electron chi connectivity index (χ1n) is 4.94. The molecule has 0 atom stereocenters. The van der Waals surface area contributed by atoms with Crippen LogP contribution in [0, 0.1) is 0 Å². The molecule has 0 radical (unpaired) electrons. The molecule has 1 nitrogen and oxygen atoms in total. The van der Waals surface area contributed by atoms with Gasteiger partial charge in [0.2, 0.25) is 5.92 Å². The number of alkyl halides is 2. The van der Waals surface area contributed by atoms with E-state index in [2.05, 4.69) is 5.32 Å². The summed E-state index contributed by atoms with van der Waals surface area (Å²) in [6.45, 7) is -2.21. The van der Waals surface area contributed by atoms with E-state index in [0.717, 1.165) is 0 Å². The standard InChI is InChI=1S/C7H13F2N.ClH/c1-10-6-2-4-7(8,9)5-3-6;/h6,10H,2-5H2,1H3;1H/i1D3;. The van der Waals surface area contributed by atoms with Crippen molar-refractivity contribution in [2.75, 3.05) is 6.98 Å². The van der Waals surface area contributed by atoms with Gasteiger partial charge in [0.1, 0.15) is 0 Å². The lowest BCUT2D eigenvalue weighted by Crippen LogP contribution is -2.34. The number of hydrogen-bond acceptors (Lipinski definition) is 1. The van der Waals surface area contributed by atoms with E-state index >= 15 is 0 Å². The normalized spacial score (nSPS) is 29.5. The van der Waals surface area contributed by atoms with Gasteiger partial charge in [0.15, 0.2) is 0 Å². The fourth-order valence-corrected chi connectivity index (χ4v) is 1.18. The zero-order chi connectivity index (χ0) is 10.1. The molecule has 0 saturated heterocycles. The van der Waals surface area contributed by atoms with E-state index in [1.165, 1.54) is 0 Å². The molecule has 1 saturated carbocycles. The van der Waals surface area contributed by atoms with Crippen LogP contribution >= 0.6 is 12.4 Å². The predicted molar refractivity (Wildman–Crippen MR) is 43.5 cm³/mol. The number of halogens is 3. The molecule has 11 heavy (non-hydrogen) atoms. The third-order valence-corrected chi connectivity index (χ3v) is 1.92. The van der Waals surface area contributed by atoms with Gasteiger partial charge in [0.05, 0.1) is 0 Å². The van der Waals surface area contributed by atoms with Gasteiger partial charge < -0.3 is 5.32 Å². The lowest BCUT2D eigenvalue weighted by atomic mass is 9.92. The molecule has 0 aromatic heterocycles. The van der Waals surface area contributed by atoms with Crippen molar-refractivity contribution in [3.8, 4) is 0 Å². The molecule has 0 aromatic carbocycles. The van der Waals surface area contributed by atoms with Gasteiger partial charge in [-0.25, -0.2) is 8.78 Å². The third-order valence-electron chi connectivity index (χ3n) is 1.92. The van der Waals surface area contributed by atoms with E-state index < -0.39 is 12.9 Å². The maximum atomic E-state index is 12.6. The number of hydrogen-bond donors (Lipinski definition) is 1. The highest BCUT2D eigenvalue weighted by Crippen LogP contribution is 2.32. The zero-order valence-electron chi connectivity index (χ0n) is 9.07. The summed E-state index contributed by atoms with van der Waals surface area (Å²) in [5.41, 5.74) is 0. The maximum absolute atomic E-state index is 12.6. The summed E-state index contributed by atoms with van der Waals surface area (Å²) in [7, 11) is 0. The molecule has 1 rings (SSSR count). The summed E-state index contributed by atoms with van der Waals surface area (Å²) in [5, 5.41) is 2.36. The topological polar surface area (TPSA) is 12.0 Å². The molecule has 4 heteroatoms. The average Bonchev–Trinajstić information content (AvgIpc) is 1.91. The van der Waals surface area contributed by atoms with Gasteiger partial charge in [-0.05, 0) is 19.8 Å². The van der Waals surface area contributed by atoms with E-state index in [1.807, 2.05) is 0 Å². The maximum Gasteiger partial charge on any atom is 0.248 e. The molecule has 0 aromatic rings. The van der Waals surface area contributed by atoms with E-state index in [1.54, 1.807) is 0 Å². The highest BCUT2D eigenvalue weighted by molar-refractivity contribution is 5.85. The van der Waals surface area contributed by atoms with Crippen LogP contribution in [-0.2, 0) is 0 Å². The van der Waals surface area contributed by atoms with Gasteiger partial charge in [0.25, 0.3) is 0 Å². The van der Waals surface area contributed by atoms with Crippen molar-refractivity contribution in [2.24, 2.45) is 0 Å². The smallest absolute Gasteiger partial charge is 0.248 e. The van der Waals surface area contributed by atoms with Crippen LogP contribution in [0.4, 0.5) is 8.78 Å². The van der Waals surface area contributed by atoms with Crippen LogP contribution in [0.1, 0.15) is 29.8 Å². The van der Waals surface area contributed by atoms with Gasteiger partial charge in [-0.15, -0.1) is 12.4 Å². The van der Waals surface area contributed by atoms with Crippen molar-refractivity contribution in [2.45, 2.75) is 37.6 Å². The third kappa shape index (κ3) is 3.34. The fourth-order valence-electron chi connectivity index (χ4n) is 1.18. The van der Waals surface area contributed by atoms with Crippen LogP contribution in [0.5, 0.6) is 0 Å². The summed E-state index contributed by atoms with van der Waals surface area (Å²) < 4.78 is 46.0. The van der Waals surface area contributed by atoms with Crippen molar-refractivity contribution < 1.29 is 12.9 Å². The van der Waals surface area contributed by atoms with E-state index in [-0.39, 0.29) is 44.1 Å². The van der Waals surface area contributed by atoms with E-state index in [0.29, 0.717) is 0 Å². The highest BCUT2D eigenvalue weighted by Gasteiger charge is 2.34. The second kappa shape index (κ2) is 4.21. The molecule has 1 fully saturated rings. The highest BCUT2D eigenvalue weighted by atomic mass is 35.5. The summed E-state index contributed by atoms with van der Waals surface area (Å²) >= 11 is 0. The van der Waals surface area contributed by atoms with Crippen LogP contribution in [0.3, 0.4) is 0 Å². The van der Waals surface area contributed by atoms with Gasteiger partial charge in [-0.1, -0.05) is 0 Å². The summed E-state index contributed by atoms with van der Waals surface area (Å²) in [6, 6.07) is -0.285. The Morgan fingerprint density at radius 2 is 2.00 bits per heavy atom. The van der Waals surface area contributed by atoms with Crippen LogP contribution in [0.15, 0.2) is 0 Å². The van der Waals surface area contributed by atoms with Gasteiger partial charge in [0, 0.05) is 23.0 Å². The minimum atomic E-state index is -2.59. The Morgan fingerprint density at radius 1 is 1.45 bits per heavy atom. The molecule has 0 heterocycles. The number of rotatable bonds is 1. The minimum Gasteiger partial charge on any atom is -0.317 e. The molecular formula is C7H14ClF2N. The molecule has 0 aliphatic heterocycles. The van der Waals surface area contributed by atoms with Crippen LogP contribution in [-0.4, -0.2) is 18.9 Å². The molecule has 1 aliphatic carbocycles. The zero-order valence-corrected chi connectivity index (χ0v) is 6.89. The lowest BCUT2D eigenvalue weighted by Gasteiger charge is -2.27. The van der Waals surface area contributed by atoms with E-state index in [9.17, 15) is 8.78 Å². The Bertz CT molecular complexity index is 176. The van der Waals surface area contributed by atoms with Crippen molar-refractivity contribution in [1.29, 1.82) is 0 Å². The number of nitrogens with one attached hydrogen (secondary N) is 1. The van der Waals surface area contributed by atoms with Gasteiger partial charge in [-0.3, -0.25) is 0 Å². The first-order chi connectivity index (χ1) is 5.79. The first-order valence-corrected chi connectivity index (χ1v) is 3.44. The molecule has 0 amide bonds. The van der Waals surface area contributed by atoms with Crippen LogP contribution < -0.4 is 5.32 Å². The molecular weight excluding hydrogens is 172 g/mol. The lowest BCUT2D eigenvalue weighted by molar-refractivity contribution is -0.0398. The Balaban J connectivity index is 0.00000169. The Kier molecular flexibility index (Phi) is 2.53. The van der Waals surface area contributed by atoms with Crippen molar-refractivity contribution >= 4 is 12.4 Å². The van der Waals surface area contributed by atoms with Crippen LogP contribution in [0.2, 0.25) is 0 Å². The van der Waals surface area contributed by atoms with Crippen molar-refractivity contribution in [3.05, 3.63) is 0 Å². The Labute approximate surface area is 76.2 Å². The SMILES string of the molecule is Cl.[2H]C([2H])([2H])NC1CCC(F)(F)CC1. The first kappa shape index (κ1) is 6.61. The largest absolute Gasteiger partial charge is 0.317 e. The average molecular weight is 189 g/mol. The second-order valence-electron chi connectivity index (χ2n) is 2.77. The van der Waals surface area contributed by atoms with E-state index in [4.69, 9.17) is 4.11 Å².